The fourth-order valence-electron chi connectivity index (χ4n) is 2.23. The highest BCUT2D eigenvalue weighted by Gasteiger charge is 2.18. The number of esters is 1. The van der Waals surface area contributed by atoms with Crippen molar-refractivity contribution in [1.29, 1.82) is 5.41 Å². The molecule has 2 aromatic heterocycles. The van der Waals surface area contributed by atoms with E-state index in [1.54, 1.807) is 36.6 Å². The van der Waals surface area contributed by atoms with Gasteiger partial charge in [0, 0.05) is 10.4 Å². The summed E-state index contributed by atoms with van der Waals surface area (Å²) >= 11 is 7.14. The Kier molecular flexibility index (Phi) is 4.87. The first kappa shape index (κ1) is 17.2. The summed E-state index contributed by atoms with van der Waals surface area (Å²) in [5.41, 5.74) is 0.487. The summed E-state index contributed by atoms with van der Waals surface area (Å²) in [6.45, 7) is 1.94. The number of hydrogen-bond acceptors (Lipinski definition) is 6. The van der Waals surface area contributed by atoms with Gasteiger partial charge in [0.05, 0.1) is 12.2 Å². The van der Waals surface area contributed by atoms with Crippen molar-refractivity contribution < 1.29 is 18.7 Å². The smallest absolute Gasteiger partial charge is 0.341 e. The van der Waals surface area contributed by atoms with Crippen molar-refractivity contribution in [2.45, 2.75) is 6.92 Å². The van der Waals surface area contributed by atoms with Gasteiger partial charge in [-0.25, -0.2) is 4.79 Å². The van der Waals surface area contributed by atoms with E-state index in [-0.39, 0.29) is 23.3 Å². The molecule has 1 amide bonds. The van der Waals surface area contributed by atoms with Crippen molar-refractivity contribution >= 4 is 50.8 Å². The predicted molar refractivity (Wildman–Crippen MR) is 95.3 cm³/mol. The van der Waals surface area contributed by atoms with Crippen molar-refractivity contribution in [3.8, 4) is 0 Å². The Hall–Kier alpha value is -2.64. The second-order valence-corrected chi connectivity index (χ2v) is 6.36. The summed E-state index contributed by atoms with van der Waals surface area (Å²) in [5.74, 6) is -1.07. The van der Waals surface area contributed by atoms with Crippen molar-refractivity contribution in [3.63, 3.8) is 0 Å². The van der Waals surface area contributed by atoms with Crippen LogP contribution in [0.1, 0.15) is 27.6 Å². The third-order valence-electron chi connectivity index (χ3n) is 3.36. The van der Waals surface area contributed by atoms with E-state index in [2.05, 4.69) is 5.32 Å². The Balaban J connectivity index is 1.93. The molecule has 0 aliphatic rings. The molecule has 3 aromatic rings. The van der Waals surface area contributed by atoms with Gasteiger partial charge in [-0.1, -0.05) is 11.6 Å². The number of hydrogen-bond donors (Lipinski definition) is 2. The van der Waals surface area contributed by atoms with Crippen LogP contribution in [-0.2, 0) is 4.74 Å². The number of halogens is 1. The lowest BCUT2D eigenvalue weighted by Gasteiger charge is -2.07. The number of fused-ring (bicyclic) bond motifs is 1. The first-order chi connectivity index (χ1) is 12.0. The minimum Gasteiger partial charge on any atom is -0.462 e. The normalized spacial score (nSPS) is 10.6. The van der Waals surface area contributed by atoms with Crippen LogP contribution in [-0.4, -0.2) is 18.5 Å². The maximum absolute atomic E-state index is 12.5. The highest BCUT2D eigenvalue weighted by molar-refractivity contribution is 7.14. The standard InChI is InChI=1S/C17H13ClN2O4S/c1-2-23-17(22)11-5-6-25-16(11)20-15(21)12-8-9-7-10(18)3-4-13(9)24-14(12)19/h3-8,19H,2H2,1H3,(H,20,21). The van der Waals surface area contributed by atoms with Crippen LogP contribution in [0.3, 0.4) is 0 Å². The number of rotatable bonds is 4. The van der Waals surface area contributed by atoms with E-state index in [0.717, 1.165) is 0 Å². The van der Waals surface area contributed by atoms with Gasteiger partial charge in [-0.2, -0.15) is 0 Å². The van der Waals surface area contributed by atoms with Crippen LogP contribution < -0.4 is 10.9 Å². The molecule has 0 aliphatic heterocycles. The fraction of sp³-hybridized carbons (Fsp3) is 0.118. The molecule has 0 radical (unpaired) electrons. The van der Waals surface area contributed by atoms with Crippen LogP contribution >= 0.6 is 22.9 Å². The minimum absolute atomic E-state index is 0.0398. The second-order valence-electron chi connectivity index (χ2n) is 5.01. The highest BCUT2D eigenvalue weighted by Crippen LogP contribution is 2.25. The zero-order valence-electron chi connectivity index (χ0n) is 13.1. The number of benzene rings is 1. The third kappa shape index (κ3) is 3.57. The van der Waals surface area contributed by atoms with Crippen LogP contribution in [0, 0.1) is 5.41 Å². The molecule has 8 heteroatoms. The molecule has 3 rings (SSSR count). The highest BCUT2D eigenvalue weighted by atomic mass is 35.5. The first-order valence-corrected chi connectivity index (χ1v) is 8.59. The largest absolute Gasteiger partial charge is 0.462 e. The van der Waals surface area contributed by atoms with E-state index in [9.17, 15) is 9.59 Å². The summed E-state index contributed by atoms with van der Waals surface area (Å²) < 4.78 is 10.3. The molecule has 128 valence electrons. The molecule has 2 heterocycles. The van der Waals surface area contributed by atoms with E-state index in [1.807, 2.05) is 0 Å². The van der Waals surface area contributed by atoms with Gasteiger partial charge < -0.3 is 14.5 Å². The molecule has 0 atom stereocenters. The molecule has 25 heavy (non-hydrogen) atoms. The van der Waals surface area contributed by atoms with E-state index in [4.69, 9.17) is 26.2 Å². The zero-order chi connectivity index (χ0) is 18.0. The SMILES string of the molecule is CCOC(=O)c1ccsc1NC(=O)c1cc2cc(Cl)ccc2oc1=N. The summed E-state index contributed by atoms with van der Waals surface area (Å²) in [7, 11) is 0. The van der Waals surface area contributed by atoms with Gasteiger partial charge in [0.1, 0.15) is 16.1 Å². The second kappa shape index (κ2) is 7.08. The summed E-state index contributed by atoms with van der Waals surface area (Å²) in [6.07, 6.45) is 0. The number of carbonyl (C=O) groups is 2. The number of anilines is 1. The zero-order valence-corrected chi connectivity index (χ0v) is 14.7. The van der Waals surface area contributed by atoms with E-state index >= 15 is 0 Å². The van der Waals surface area contributed by atoms with Crippen molar-refractivity contribution in [2.24, 2.45) is 0 Å². The van der Waals surface area contributed by atoms with Crippen molar-refractivity contribution in [3.05, 3.63) is 57.4 Å². The molecule has 0 unspecified atom stereocenters. The van der Waals surface area contributed by atoms with E-state index in [0.29, 0.717) is 21.0 Å². The minimum atomic E-state index is -0.552. The van der Waals surface area contributed by atoms with Gasteiger partial charge >= 0.3 is 5.97 Å². The van der Waals surface area contributed by atoms with Gasteiger partial charge in [0.25, 0.3) is 5.91 Å². The molecule has 0 saturated heterocycles. The number of amides is 1. The van der Waals surface area contributed by atoms with Crippen molar-refractivity contribution in [1.82, 2.24) is 0 Å². The quantitative estimate of drug-likeness (QED) is 0.671. The molecule has 0 aliphatic carbocycles. The summed E-state index contributed by atoms with van der Waals surface area (Å²) in [5, 5.41) is 13.7. The van der Waals surface area contributed by atoms with Crippen LogP contribution in [0.5, 0.6) is 0 Å². The molecule has 0 saturated carbocycles. The average molecular weight is 377 g/mol. The Morgan fingerprint density at radius 1 is 1.28 bits per heavy atom. The van der Waals surface area contributed by atoms with Crippen LogP contribution in [0.25, 0.3) is 11.0 Å². The number of thiophene rings is 1. The van der Waals surface area contributed by atoms with Crippen LogP contribution in [0.15, 0.2) is 40.1 Å². The first-order valence-electron chi connectivity index (χ1n) is 7.33. The number of ether oxygens (including phenoxy) is 1. The van der Waals surface area contributed by atoms with E-state index < -0.39 is 11.9 Å². The van der Waals surface area contributed by atoms with Crippen LogP contribution in [0.2, 0.25) is 5.02 Å². The lowest BCUT2D eigenvalue weighted by atomic mass is 10.1. The molecular weight excluding hydrogens is 364 g/mol. The maximum Gasteiger partial charge on any atom is 0.341 e. The van der Waals surface area contributed by atoms with Crippen molar-refractivity contribution in [2.75, 3.05) is 11.9 Å². The molecule has 2 N–H and O–H groups in total. The molecule has 0 fully saturated rings. The maximum atomic E-state index is 12.5. The molecular formula is C17H13ClN2O4S. The van der Waals surface area contributed by atoms with Gasteiger partial charge in [-0.3, -0.25) is 10.2 Å². The van der Waals surface area contributed by atoms with Gasteiger partial charge in [-0.05, 0) is 42.6 Å². The molecule has 6 nitrogen and oxygen atoms in total. The average Bonchev–Trinajstić information content (AvgIpc) is 3.03. The van der Waals surface area contributed by atoms with Gasteiger partial charge in [0.2, 0.25) is 5.55 Å². The molecule has 0 spiro atoms. The Bertz CT molecular complexity index is 1020. The lowest BCUT2D eigenvalue weighted by molar-refractivity contribution is 0.0528. The van der Waals surface area contributed by atoms with Gasteiger partial charge in [-0.15, -0.1) is 11.3 Å². The number of nitrogens with one attached hydrogen (secondary N) is 2. The summed E-state index contributed by atoms with van der Waals surface area (Å²) in [6, 6.07) is 8.02. The Morgan fingerprint density at radius 2 is 2.08 bits per heavy atom. The molecule has 1 aromatic carbocycles. The van der Waals surface area contributed by atoms with Gasteiger partial charge in [0.15, 0.2) is 0 Å². The Morgan fingerprint density at radius 3 is 2.84 bits per heavy atom. The molecule has 0 bridgehead atoms. The van der Waals surface area contributed by atoms with Crippen LogP contribution in [0.4, 0.5) is 5.00 Å². The predicted octanol–water partition coefficient (Wildman–Crippen LogP) is 4.06. The lowest BCUT2D eigenvalue weighted by Crippen LogP contribution is -2.21. The monoisotopic (exact) mass is 376 g/mol. The van der Waals surface area contributed by atoms with E-state index in [1.165, 1.54) is 17.4 Å². The topological polar surface area (TPSA) is 92.4 Å². The Labute approximate surface area is 151 Å². The fourth-order valence-corrected chi connectivity index (χ4v) is 3.18. The summed E-state index contributed by atoms with van der Waals surface area (Å²) in [4.78, 5) is 24.4. The third-order valence-corrected chi connectivity index (χ3v) is 4.43. The number of carbonyl (C=O) groups excluding carboxylic acids is 2.